The zero-order valence-electron chi connectivity index (χ0n) is 11.8. The Morgan fingerprint density at radius 1 is 1.30 bits per heavy atom. The summed E-state index contributed by atoms with van der Waals surface area (Å²) in [5, 5.41) is 11.1. The van der Waals surface area contributed by atoms with E-state index in [2.05, 4.69) is 0 Å². The van der Waals surface area contributed by atoms with Crippen molar-refractivity contribution in [2.45, 2.75) is 20.3 Å². The Morgan fingerprint density at radius 3 is 2.50 bits per heavy atom. The van der Waals surface area contributed by atoms with Gasteiger partial charge in [0.15, 0.2) is 0 Å². The minimum absolute atomic E-state index is 0.139. The summed E-state index contributed by atoms with van der Waals surface area (Å²) >= 11 is 0. The number of carbonyl (C=O) groups excluding carboxylic acids is 1. The van der Waals surface area contributed by atoms with Gasteiger partial charge < -0.3 is 9.80 Å². The molecule has 1 aromatic carbocycles. The van der Waals surface area contributed by atoms with Gasteiger partial charge in [-0.2, -0.15) is 0 Å². The van der Waals surface area contributed by atoms with Gasteiger partial charge in [-0.15, -0.1) is 0 Å². The maximum absolute atomic E-state index is 11.6. The first-order chi connectivity index (χ1) is 9.52. The number of anilines is 1. The molecule has 1 aromatic rings. The highest BCUT2D eigenvalue weighted by molar-refractivity contribution is 5.76. The van der Waals surface area contributed by atoms with Crippen molar-refractivity contribution < 1.29 is 9.72 Å². The van der Waals surface area contributed by atoms with Crippen molar-refractivity contribution in [3.05, 3.63) is 33.9 Å². The molecule has 1 heterocycles. The second kappa shape index (κ2) is 5.90. The predicted molar refractivity (Wildman–Crippen MR) is 76.9 cm³/mol. The summed E-state index contributed by atoms with van der Waals surface area (Å²) in [6.07, 6.45) is 0.505. The first kappa shape index (κ1) is 14.3. The SMILES string of the molecule is CCC(=O)N1CCN(c2ccc(C)cc2[N+](=O)[O-])CC1. The molecule has 1 saturated heterocycles. The molecule has 0 aliphatic carbocycles. The normalized spacial score (nSPS) is 15.3. The van der Waals surface area contributed by atoms with Crippen LogP contribution in [0, 0.1) is 17.0 Å². The van der Waals surface area contributed by atoms with Gasteiger partial charge in [0.05, 0.1) is 4.92 Å². The molecule has 1 aliphatic rings. The minimum atomic E-state index is -0.341. The molecule has 2 rings (SSSR count). The van der Waals surface area contributed by atoms with Crippen LogP contribution in [0.15, 0.2) is 18.2 Å². The van der Waals surface area contributed by atoms with E-state index < -0.39 is 0 Å². The number of aryl methyl sites for hydroxylation is 1. The summed E-state index contributed by atoms with van der Waals surface area (Å²) in [6, 6.07) is 5.27. The fraction of sp³-hybridized carbons (Fsp3) is 0.500. The molecule has 0 saturated carbocycles. The van der Waals surface area contributed by atoms with Crippen molar-refractivity contribution in [1.29, 1.82) is 0 Å². The lowest BCUT2D eigenvalue weighted by Gasteiger charge is -2.35. The van der Waals surface area contributed by atoms with Crippen LogP contribution in [0.25, 0.3) is 0 Å². The number of nitro groups is 1. The first-order valence-corrected chi connectivity index (χ1v) is 6.80. The van der Waals surface area contributed by atoms with E-state index in [1.54, 1.807) is 12.1 Å². The van der Waals surface area contributed by atoms with Gasteiger partial charge in [0.25, 0.3) is 5.69 Å². The summed E-state index contributed by atoms with van der Waals surface area (Å²) in [7, 11) is 0. The standard InChI is InChI=1S/C14H19N3O3/c1-3-14(18)16-8-6-15(7-9-16)12-5-4-11(2)10-13(12)17(19)20/h4-5,10H,3,6-9H2,1-2H3. The lowest BCUT2D eigenvalue weighted by molar-refractivity contribution is -0.384. The van der Waals surface area contributed by atoms with Gasteiger partial charge in [-0.3, -0.25) is 14.9 Å². The van der Waals surface area contributed by atoms with Crippen LogP contribution in [-0.2, 0) is 4.79 Å². The highest BCUT2D eigenvalue weighted by Gasteiger charge is 2.25. The van der Waals surface area contributed by atoms with E-state index in [9.17, 15) is 14.9 Å². The molecule has 6 nitrogen and oxygen atoms in total. The molecule has 108 valence electrons. The van der Waals surface area contributed by atoms with Crippen molar-refractivity contribution >= 4 is 17.3 Å². The third-order valence-corrected chi connectivity index (χ3v) is 3.60. The predicted octanol–water partition coefficient (Wildman–Crippen LogP) is 1.96. The van der Waals surface area contributed by atoms with E-state index in [1.807, 2.05) is 29.7 Å². The lowest BCUT2D eigenvalue weighted by atomic mass is 10.1. The Labute approximate surface area is 118 Å². The number of hydrogen-bond acceptors (Lipinski definition) is 4. The number of carbonyl (C=O) groups is 1. The molecule has 1 aliphatic heterocycles. The molecule has 0 aromatic heterocycles. The number of rotatable bonds is 3. The fourth-order valence-corrected chi connectivity index (χ4v) is 2.47. The molecule has 1 fully saturated rings. The van der Waals surface area contributed by atoms with Crippen LogP contribution in [0.2, 0.25) is 0 Å². The average molecular weight is 277 g/mol. The van der Waals surface area contributed by atoms with Gasteiger partial charge in [-0.05, 0) is 18.6 Å². The molecule has 0 N–H and O–H groups in total. The monoisotopic (exact) mass is 277 g/mol. The number of nitrogens with zero attached hydrogens (tertiary/aromatic N) is 3. The minimum Gasteiger partial charge on any atom is -0.362 e. The van der Waals surface area contributed by atoms with E-state index in [-0.39, 0.29) is 16.5 Å². The second-order valence-corrected chi connectivity index (χ2v) is 4.97. The van der Waals surface area contributed by atoms with Crippen LogP contribution in [-0.4, -0.2) is 41.9 Å². The summed E-state index contributed by atoms with van der Waals surface area (Å²) in [5.41, 5.74) is 1.66. The van der Waals surface area contributed by atoms with E-state index in [0.29, 0.717) is 38.3 Å². The molecule has 1 amide bonds. The average Bonchev–Trinajstić information content (AvgIpc) is 2.46. The van der Waals surface area contributed by atoms with E-state index in [4.69, 9.17) is 0 Å². The number of piperazine rings is 1. The van der Waals surface area contributed by atoms with Crippen molar-refractivity contribution in [2.75, 3.05) is 31.1 Å². The topological polar surface area (TPSA) is 66.7 Å². The maximum atomic E-state index is 11.6. The third kappa shape index (κ3) is 2.89. The Bertz CT molecular complexity index is 522. The van der Waals surface area contributed by atoms with Crippen molar-refractivity contribution in [3.63, 3.8) is 0 Å². The Hall–Kier alpha value is -2.11. The van der Waals surface area contributed by atoms with Gasteiger partial charge in [0, 0.05) is 38.7 Å². The molecule has 0 atom stereocenters. The number of nitro benzene ring substituents is 1. The summed E-state index contributed by atoms with van der Waals surface area (Å²) in [6.45, 7) is 6.20. The molecule has 6 heteroatoms. The molecular weight excluding hydrogens is 258 g/mol. The van der Waals surface area contributed by atoms with Crippen LogP contribution in [0.4, 0.5) is 11.4 Å². The maximum Gasteiger partial charge on any atom is 0.292 e. The van der Waals surface area contributed by atoms with Crippen LogP contribution >= 0.6 is 0 Å². The van der Waals surface area contributed by atoms with Gasteiger partial charge in [-0.25, -0.2) is 0 Å². The quantitative estimate of drug-likeness (QED) is 0.625. The molecule has 0 radical (unpaired) electrons. The third-order valence-electron chi connectivity index (χ3n) is 3.60. The van der Waals surface area contributed by atoms with Crippen LogP contribution < -0.4 is 4.90 Å². The van der Waals surface area contributed by atoms with E-state index in [1.165, 1.54) is 0 Å². The first-order valence-electron chi connectivity index (χ1n) is 6.80. The van der Waals surface area contributed by atoms with Gasteiger partial charge in [0.1, 0.15) is 5.69 Å². The Balaban J connectivity index is 2.15. The lowest BCUT2D eigenvalue weighted by Crippen LogP contribution is -2.48. The smallest absolute Gasteiger partial charge is 0.292 e. The summed E-state index contributed by atoms with van der Waals surface area (Å²) in [4.78, 5) is 26.2. The van der Waals surface area contributed by atoms with E-state index >= 15 is 0 Å². The fourth-order valence-electron chi connectivity index (χ4n) is 2.47. The molecule has 0 unspecified atom stereocenters. The van der Waals surface area contributed by atoms with Crippen LogP contribution in [0.5, 0.6) is 0 Å². The summed E-state index contributed by atoms with van der Waals surface area (Å²) < 4.78 is 0. The van der Waals surface area contributed by atoms with Crippen molar-refractivity contribution in [1.82, 2.24) is 4.90 Å². The van der Waals surface area contributed by atoms with Gasteiger partial charge in [0.2, 0.25) is 5.91 Å². The molecule has 0 spiro atoms. The van der Waals surface area contributed by atoms with E-state index in [0.717, 1.165) is 5.56 Å². The number of amides is 1. The second-order valence-electron chi connectivity index (χ2n) is 4.97. The van der Waals surface area contributed by atoms with Crippen molar-refractivity contribution in [3.8, 4) is 0 Å². The molecular formula is C14H19N3O3. The van der Waals surface area contributed by atoms with Crippen LogP contribution in [0.1, 0.15) is 18.9 Å². The zero-order valence-corrected chi connectivity index (χ0v) is 11.8. The number of benzene rings is 1. The Morgan fingerprint density at radius 2 is 1.95 bits per heavy atom. The molecule has 0 bridgehead atoms. The van der Waals surface area contributed by atoms with Crippen molar-refractivity contribution in [2.24, 2.45) is 0 Å². The largest absolute Gasteiger partial charge is 0.362 e. The summed E-state index contributed by atoms with van der Waals surface area (Å²) in [5.74, 6) is 0.142. The number of hydrogen-bond donors (Lipinski definition) is 0. The van der Waals surface area contributed by atoms with Gasteiger partial charge in [-0.1, -0.05) is 13.0 Å². The Kier molecular flexibility index (Phi) is 4.22. The molecule has 20 heavy (non-hydrogen) atoms. The van der Waals surface area contributed by atoms with Crippen LogP contribution in [0.3, 0.4) is 0 Å². The highest BCUT2D eigenvalue weighted by Crippen LogP contribution is 2.29. The highest BCUT2D eigenvalue weighted by atomic mass is 16.6. The zero-order chi connectivity index (χ0) is 14.7. The van der Waals surface area contributed by atoms with Gasteiger partial charge >= 0.3 is 0 Å².